The minimum atomic E-state index is -3.78. The number of ether oxygens (including phenoxy) is 1. The van der Waals surface area contributed by atoms with Crippen LogP contribution in [0.4, 0.5) is 10.7 Å². The molecule has 0 spiro atoms. The molecule has 1 aromatic heterocycles. The van der Waals surface area contributed by atoms with E-state index in [1.165, 1.54) is 4.31 Å². The number of sulfonamides is 1. The average Bonchev–Trinajstić information content (AvgIpc) is 2.70. The highest BCUT2D eigenvalue weighted by molar-refractivity contribution is 7.91. The number of nitrogens with zero attached hydrogens (tertiary/aromatic N) is 2. The number of nitro groups is 1. The Labute approximate surface area is 120 Å². The number of morpholine rings is 1. The highest BCUT2D eigenvalue weighted by atomic mass is 32.2. The van der Waals surface area contributed by atoms with E-state index in [0.29, 0.717) is 11.3 Å². The summed E-state index contributed by atoms with van der Waals surface area (Å²) in [6.07, 6.45) is 0. The zero-order valence-electron chi connectivity index (χ0n) is 11.0. The number of nitrogen functional groups attached to an aromatic ring is 1. The summed E-state index contributed by atoms with van der Waals surface area (Å²) in [6, 6.07) is 1.01. The van der Waals surface area contributed by atoms with E-state index >= 15 is 0 Å². The molecule has 20 heavy (non-hydrogen) atoms. The standard InChI is InChI=1S/C10H15N3O5S2/c1-10(2)6-12(3-4-18-10)20(16,17)8-5-7(13(14)15)9(11)19-8/h5H,3-4,6,11H2,1-2H3. The van der Waals surface area contributed by atoms with Crippen molar-refractivity contribution in [1.29, 1.82) is 0 Å². The highest BCUT2D eigenvalue weighted by Crippen LogP contribution is 2.36. The molecule has 0 saturated carbocycles. The van der Waals surface area contributed by atoms with Crippen molar-refractivity contribution in [3.05, 3.63) is 16.2 Å². The summed E-state index contributed by atoms with van der Waals surface area (Å²) < 4.78 is 31.5. The van der Waals surface area contributed by atoms with E-state index in [-0.39, 0.29) is 34.6 Å². The van der Waals surface area contributed by atoms with E-state index < -0.39 is 20.5 Å². The molecule has 0 radical (unpaired) electrons. The maximum absolute atomic E-state index is 12.5. The van der Waals surface area contributed by atoms with E-state index in [2.05, 4.69) is 0 Å². The van der Waals surface area contributed by atoms with Crippen LogP contribution < -0.4 is 5.73 Å². The minimum Gasteiger partial charge on any atom is -0.385 e. The summed E-state index contributed by atoms with van der Waals surface area (Å²) in [5.74, 6) is 0. The van der Waals surface area contributed by atoms with Crippen molar-refractivity contribution in [2.75, 3.05) is 25.4 Å². The molecular weight excluding hydrogens is 306 g/mol. The van der Waals surface area contributed by atoms with E-state index in [1.54, 1.807) is 13.8 Å². The van der Waals surface area contributed by atoms with Gasteiger partial charge in [0.25, 0.3) is 10.0 Å². The third-order valence-corrected chi connectivity index (χ3v) is 6.15. The fourth-order valence-corrected chi connectivity index (χ4v) is 4.89. The summed E-state index contributed by atoms with van der Waals surface area (Å²) in [7, 11) is -3.78. The quantitative estimate of drug-likeness (QED) is 0.657. The van der Waals surface area contributed by atoms with E-state index in [0.717, 1.165) is 6.07 Å². The first-order chi connectivity index (χ1) is 9.13. The van der Waals surface area contributed by atoms with Gasteiger partial charge in [-0.3, -0.25) is 10.1 Å². The Kier molecular flexibility index (Phi) is 3.75. The number of anilines is 1. The van der Waals surface area contributed by atoms with Crippen molar-refractivity contribution in [1.82, 2.24) is 4.31 Å². The van der Waals surface area contributed by atoms with Gasteiger partial charge in [-0.05, 0) is 13.8 Å². The normalized spacial score (nSPS) is 19.9. The van der Waals surface area contributed by atoms with E-state index in [9.17, 15) is 18.5 Å². The van der Waals surface area contributed by atoms with Crippen LogP contribution in [-0.4, -0.2) is 42.9 Å². The maximum Gasteiger partial charge on any atom is 0.304 e. The SMILES string of the molecule is CC1(C)CN(S(=O)(=O)c2cc([N+](=O)[O-])c(N)s2)CCO1. The number of rotatable bonds is 3. The molecule has 10 heteroatoms. The van der Waals surface area contributed by atoms with Crippen molar-refractivity contribution in [3.63, 3.8) is 0 Å². The zero-order chi connectivity index (χ0) is 15.1. The average molecular weight is 321 g/mol. The maximum atomic E-state index is 12.5. The molecule has 1 aromatic rings. The molecule has 8 nitrogen and oxygen atoms in total. The van der Waals surface area contributed by atoms with Crippen LogP contribution in [-0.2, 0) is 14.8 Å². The summed E-state index contributed by atoms with van der Waals surface area (Å²) >= 11 is 0.709. The van der Waals surface area contributed by atoms with Gasteiger partial charge in [0.05, 0.1) is 17.1 Å². The van der Waals surface area contributed by atoms with Gasteiger partial charge >= 0.3 is 5.69 Å². The molecule has 2 heterocycles. The fourth-order valence-electron chi connectivity index (χ4n) is 1.95. The molecule has 2 rings (SSSR count). The van der Waals surface area contributed by atoms with Crippen LogP contribution in [0.3, 0.4) is 0 Å². The molecule has 0 aromatic carbocycles. The minimum absolute atomic E-state index is 0.110. The first kappa shape index (κ1) is 15.2. The lowest BCUT2D eigenvalue weighted by Crippen LogP contribution is -2.50. The zero-order valence-corrected chi connectivity index (χ0v) is 12.7. The Morgan fingerprint density at radius 1 is 1.55 bits per heavy atom. The number of hydrogen-bond acceptors (Lipinski definition) is 7. The van der Waals surface area contributed by atoms with Crippen molar-refractivity contribution >= 4 is 32.0 Å². The van der Waals surface area contributed by atoms with Gasteiger partial charge in [0.2, 0.25) is 0 Å². The van der Waals surface area contributed by atoms with Crippen LogP contribution >= 0.6 is 11.3 Å². The second-order valence-electron chi connectivity index (χ2n) is 5.02. The summed E-state index contributed by atoms with van der Waals surface area (Å²) in [4.78, 5) is 10.1. The lowest BCUT2D eigenvalue weighted by Gasteiger charge is -2.36. The van der Waals surface area contributed by atoms with Gasteiger partial charge in [-0.2, -0.15) is 4.31 Å². The predicted molar refractivity (Wildman–Crippen MR) is 74.2 cm³/mol. The second kappa shape index (κ2) is 4.95. The van der Waals surface area contributed by atoms with Crippen molar-refractivity contribution in [2.45, 2.75) is 23.7 Å². The van der Waals surface area contributed by atoms with Crippen LogP contribution in [0.25, 0.3) is 0 Å². The first-order valence-electron chi connectivity index (χ1n) is 5.81. The molecule has 1 fully saturated rings. The first-order valence-corrected chi connectivity index (χ1v) is 8.07. The monoisotopic (exact) mass is 321 g/mol. The molecule has 0 unspecified atom stereocenters. The predicted octanol–water partition coefficient (Wildman–Crippen LogP) is 1.04. The third-order valence-electron chi connectivity index (χ3n) is 2.90. The van der Waals surface area contributed by atoms with Gasteiger partial charge in [0, 0.05) is 19.2 Å². The Hall–Kier alpha value is -1.23. The van der Waals surface area contributed by atoms with Gasteiger partial charge in [-0.1, -0.05) is 11.3 Å². The van der Waals surface area contributed by atoms with Crippen molar-refractivity contribution in [2.24, 2.45) is 0 Å². The number of nitrogens with two attached hydrogens (primary N) is 1. The Morgan fingerprint density at radius 3 is 2.70 bits per heavy atom. The van der Waals surface area contributed by atoms with E-state index in [1.807, 2.05) is 0 Å². The van der Waals surface area contributed by atoms with Gasteiger partial charge in [0.15, 0.2) is 5.00 Å². The van der Waals surface area contributed by atoms with Crippen LogP contribution in [0, 0.1) is 10.1 Å². The van der Waals surface area contributed by atoms with Crippen LogP contribution in [0.15, 0.2) is 10.3 Å². The molecule has 112 valence electrons. The topological polar surface area (TPSA) is 116 Å². The molecule has 0 bridgehead atoms. The summed E-state index contributed by atoms with van der Waals surface area (Å²) in [6.45, 7) is 4.29. The van der Waals surface area contributed by atoms with Gasteiger partial charge in [-0.25, -0.2) is 8.42 Å². The molecular formula is C10H15N3O5S2. The molecule has 1 aliphatic heterocycles. The van der Waals surface area contributed by atoms with Crippen molar-refractivity contribution in [3.8, 4) is 0 Å². The van der Waals surface area contributed by atoms with Gasteiger partial charge in [0.1, 0.15) is 4.21 Å². The lowest BCUT2D eigenvalue weighted by molar-refractivity contribution is -0.383. The van der Waals surface area contributed by atoms with Crippen LogP contribution in [0.5, 0.6) is 0 Å². The second-order valence-corrected chi connectivity index (χ2v) is 8.27. The van der Waals surface area contributed by atoms with Crippen molar-refractivity contribution < 1.29 is 18.1 Å². The van der Waals surface area contributed by atoms with Gasteiger partial charge in [-0.15, -0.1) is 0 Å². The number of thiophene rings is 1. The fraction of sp³-hybridized carbons (Fsp3) is 0.600. The lowest BCUT2D eigenvalue weighted by atomic mass is 10.1. The Balaban J connectivity index is 2.35. The summed E-state index contributed by atoms with van der Waals surface area (Å²) in [5, 5.41) is 10.6. The molecule has 2 N–H and O–H groups in total. The smallest absolute Gasteiger partial charge is 0.304 e. The largest absolute Gasteiger partial charge is 0.385 e. The highest BCUT2D eigenvalue weighted by Gasteiger charge is 2.37. The van der Waals surface area contributed by atoms with Crippen LogP contribution in [0.1, 0.15) is 13.8 Å². The summed E-state index contributed by atoms with van der Waals surface area (Å²) in [5.41, 5.74) is 4.53. The Morgan fingerprint density at radius 2 is 2.20 bits per heavy atom. The third kappa shape index (κ3) is 2.77. The van der Waals surface area contributed by atoms with Gasteiger partial charge < -0.3 is 10.5 Å². The molecule has 0 amide bonds. The van der Waals surface area contributed by atoms with Crippen LogP contribution in [0.2, 0.25) is 0 Å². The Bertz CT molecular complexity index is 637. The molecule has 0 atom stereocenters. The molecule has 1 saturated heterocycles. The number of hydrogen-bond donors (Lipinski definition) is 1. The molecule has 1 aliphatic rings. The molecule has 0 aliphatic carbocycles. The van der Waals surface area contributed by atoms with E-state index in [4.69, 9.17) is 10.5 Å².